The van der Waals surface area contributed by atoms with Gasteiger partial charge >= 0.3 is 0 Å². The van der Waals surface area contributed by atoms with Crippen LogP contribution in [0.25, 0.3) is 0 Å². The highest BCUT2D eigenvalue weighted by Crippen LogP contribution is 2.31. The molecule has 0 fully saturated rings. The molecular weight excluding hydrogens is 436 g/mol. The molecule has 0 atom stereocenters. The van der Waals surface area contributed by atoms with Gasteiger partial charge in [0.25, 0.3) is 5.91 Å². The summed E-state index contributed by atoms with van der Waals surface area (Å²) in [5.41, 5.74) is 1.90. The third kappa shape index (κ3) is 5.61. The lowest BCUT2D eigenvalue weighted by atomic mass is 9.76. The zero-order chi connectivity index (χ0) is 24.1. The van der Waals surface area contributed by atoms with Gasteiger partial charge in [-0.2, -0.15) is 0 Å². The van der Waals surface area contributed by atoms with E-state index in [0.717, 1.165) is 11.1 Å². The Morgan fingerprint density at radius 3 is 1.97 bits per heavy atom. The monoisotopic (exact) mass is 466 g/mol. The number of benzene rings is 3. The van der Waals surface area contributed by atoms with E-state index in [1.54, 1.807) is 19.9 Å². The van der Waals surface area contributed by atoms with Crippen molar-refractivity contribution in [1.29, 1.82) is 0 Å². The Hall–Kier alpha value is -3.16. The number of methoxy groups -OCH3 is 1. The third-order valence-corrected chi connectivity index (χ3v) is 7.21. The van der Waals surface area contributed by atoms with E-state index in [-0.39, 0.29) is 28.2 Å². The van der Waals surface area contributed by atoms with Gasteiger partial charge in [-0.25, -0.2) is 13.1 Å². The van der Waals surface area contributed by atoms with Crippen LogP contribution in [-0.4, -0.2) is 34.0 Å². The summed E-state index contributed by atoms with van der Waals surface area (Å²) in [6.45, 7) is 5.87. The highest BCUT2D eigenvalue weighted by molar-refractivity contribution is 7.89. The lowest BCUT2D eigenvalue weighted by Crippen LogP contribution is -2.39. The Labute approximate surface area is 196 Å². The van der Waals surface area contributed by atoms with Crippen molar-refractivity contribution < 1.29 is 17.9 Å². The topological polar surface area (TPSA) is 84.5 Å². The minimum atomic E-state index is -3.84. The van der Waals surface area contributed by atoms with Crippen molar-refractivity contribution in [1.82, 2.24) is 10.0 Å². The highest BCUT2D eigenvalue weighted by Gasteiger charge is 2.30. The molecule has 0 aromatic heterocycles. The number of hydrogen-bond donors (Lipinski definition) is 2. The number of carbonyl (C=O) groups excluding carboxylic acids is 1. The SMILES string of the molecule is COc1ccc(C(=O)NCC(C)(c2ccccc2)c2ccccc2)cc1S(=O)(=O)NC(C)C. The summed E-state index contributed by atoms with van der Waals surface area (Å²) in [5, 5.41) is 3.00. The average Bonchev–Trinajstić information content (AvgIpc) is 2.82. The fraction of sp³-hybridized carbons (Fsp3) is 0.269. The van der Waals surface area contributed by atoms with E-state index in [9.17, 15) is 13.2 Å². The van der Waals surface area contributed by atoms with Crippen LogP contribution < -0.4 is 14.8 Å². The molecule has 0 heterocycles. The minimum Gasteiger partial charge on any atom is -0.495 e. The van der Waals surface area contributed by atoms with E-state index < -0.39 is 15.4 Å². The molecule has 0 aliphatic heterocycles. The second kappa shape index (κ2) is 10.2. The molecule has 174 valence electrons. The third-order valence-electron chi connectivity index (χ3n) is 5.53. The fourth-order valence-electron chi connectivity index (χ4n) is 3.74. The second-order valence-electron chi connectivity index (χ2n) is 8.39. The van der Waals surface area contributed by atoms with Crippen LogP contribution in [0.4, 0.5) is 0 Å². The summed E-state index contributed by atoms with van der Waals surface area (Å²) in [5.74, 6) is -0.185. The standard InChI is InChI=1S/C26H30N2O4S/c1-19(2)28-33(30,31)24-17-20(15-16-23(24)32-4)25(29)27-18-26(3,21-11-7-5-8-12-21)22-13-9-6-10-14-22/h5-17,19,28H,18H2,1-4H3,(H,27,29). The van der Waals surface area contributed by atoms with E-state index >= 15 is 0 Å². The summed E-state index contributed by atoms with van der Waals surface area (Å²) in [6, 6.07) is 24.1. The normalized spacial score (nSPS) is 11.9. The number of amides is 1. The summed E-state index contributed by atoms with van der Waals surface area (Å²) < 4.78 is 33.3. The quantitative estimate of drug-likeness (QED) is 0.497. The van der Waals surface area contributed by atoms with Gasteiger partial charge in [0.1, 0.15) is 10.6 Å². The van der Waals surface area contributed by atoms with Crippen LogP contribution in [0.1, 0.15) is 42.3 Å². The molecule has 0 bridgehead atoms. The number of rotatable bonds is 9. The molecule has 33 heavy (non-hydrogen) atoms. The highest BCUT2D eigenvalue weighted by atomic mass is 32.2. The molecule has 3 rings (SSSR count). The Kier molecular flexibility index (Phi) is 7.56. The number of ether oxygens (including phenoxy) is 1. The number of sulfonamides is 1. The molecule has 1 amide bonds. The minimum absolute atomic E-state index is 0.0692. The molecule has 6 nitrogen and oxygen atoms in total. The van der Waals surface area contributed by atoms with Crippen LogP contribution in [0.5, 0.6) is 5.75 Å². The molecule has 2 N–H and O–H groups in total. The van der Waals surface area contributed by atoms with Crippen molar-refractivity contribution in [3.63, 3.8) is 0 Å². The first-order valence-corrected chi connectivity index (χ1v) is 12.3. The largest absolute Gasteiger partial charge is 0.495 e. The lowest BCUT2D eigenvalue weighted by Gasteiger charge is -2.31. The van der Waals surface area contributed by atoms with E-state index in [1.807, 2.05) is 60.7 Å². The van der Waals surface area contributed by atoms with E-state index in [0.29, 0.717) is 6.54 Å². The summed E-state index contributed by atoms with van der Waals surface area (Å²) in [4.78, 5) is 13.0. The molecular formula is C26H30N2O4S. The molecule has 0 aliphatic rings. The van der Waals surface area contributed by atoms with Gasteiger partial charge in [0.05, 0.1) is 7.11 Å². The molecule has 3 aromatic carbocycles. The lowest BCUT2D eigenvalue weighted by molar-refractivity contribution is 0.0947. The maximum absolute atomic E-state index is 13.1. The Bertz CT molecular complexity index is 1150. The molecule has 0 radical (unpaired) electrons. The Balaban J connectivity index is 1.91. The summed E-state index contributed by atoms with van der Waals surface area (Å²) in [7, 11) is -2.45. The first-order valence-electron chi connectivity index (χ1n) is 10.8. The second-order valence-corrected chi connectivity index (χ2v) is 10.1. The van der Waals surface area contributed by atoms with Crippen molar-refractivity contribution in [2.24, 2.45) is 0 Å². The van der Waals surface area contributed by atoms with Crippen molar-refractivity contribution in [2.45, 2.75) is 37.1 Å². The molecule has 0 unspecified atom stereocenters. The van der Waals surface area contributed by atoms with Crippen LogP contribution in [-0.2, 0) is 15.4 Å². The van der Waals surface area contributed by atoms with Gasteiger partial charge in [-0.05, 0) is 50.1 Å². The van der Waals surface area contributed by atoms with Crippen LogP contribution in [0, 0.1) is 0 Å². The predicted molar refractivity (Wildman–Crippen MR) is 130 cm³/mol. The van der Waals surface area contributed by atoms with Crippen molar-refractivity contribution in [2.75, 3.05) is 13.7 Å². The molecule has 0 saturated carbocycles. The maximum atomic E-state index is 13.1. The average molecular weight is 467 g/mol. The zero-order valence-corrected chi connectivity index (χ0v) is 20.1. The zero-order valence-electron chi connectivity index (χ0n) is 19.3. The predicted octanol–water partition coefficient (Wildman–Crippen LogP) is 4.12. The van der Waals surface area contributed by atoms with Crippen molar-refractivity contribution in [3.8, 4) is 5.75 Å². The van der Waals surface area contributed by atoms with Gasteiger partial charge in [-0.1, -0.05) is 60.7 Å². The Morgan fingerprint density at radius 2 is 1.48 bits per heavy atom. The van der Waals surface area contributed by atoms with Gasteiger partial charge in [0.15, 0.2) is 0 Å². The first-order chi connectivity index (χ1) is 15.7. The fourth-order valence-corrected chi connectivity index (χ4v) is 5.19. The number of carbonyl (C=O) groups is 1. The summed E-state index contributed by atoms with van der Waals surface area (Å²) in [6.07, 6.45) is 0. The van der Waals surface area contributed by atoms with Gasteiger partial charge in [-0.15, -0.1) is 0 Å². The molecule has 0 saturated heterocycles. The van der Waals surface area contributed by atoms with Crippen LogP contribution in [0.2, 0.25) is 0 Å². The molecule has 0 aliphatic carbocycles. The Morgan fingerprint density at radius 1 is 0.939 bits per heavy atom. The van der Waals surface area contributed by atoms with Crippen molar-refractivity contribution >= 4 is 15.9 Å². The van der Waals surface area contributed by atoms with Gasteiger partial charge in [0.2, 0.25) is 10.0 Å². The number of hydrogen-bond acceptors (Lipinski definition) is 4. The van der Waals surface area contributed by atoms with E-state index in [4.69, 9.17) is 4.74 Å². The van der Waals surface area contributed by atoms with Gasteiger partial charge < -0.3 is 10.1 Å². The molecule has 3 aromatic rings. The molecule has 7 heteroatoms. The maximum Gasteiger partial charge on any atom is 0.251 e. The molecule has 0 spiro atoms. The smallest absolute Gasteiger partial charge is 0.251 e. The summed E-state index contributed by atoms with van der Waals surface area (Å²) >= 11 is 0. The van der Waals surface area contributed by atoms with Crippen LogP contribution >= 0.6 is 0 Å². The van der Waals surface area contributed by atoms with E-state index in [1.165, 1.54) is 19.2 Å². The van der Waals surface area contributed by atoms with Crippen LogP contribution in [0.15, 0.2) is 83.8 Å². The van der Waals surface area contributed by atoms with Crippen LogP contribution in [0.3, 0.4) is 0 Å². The van der Waals surface area contributed by atoms with Crippen molar-refractivity contribution in [3.05, 3.63) is 95.6 Å². The van der Waals surface area contributed by atoms with E-state index in [2.05, 4.69) is 17.0 Å². The number of nitrogens with one attached hydrogen (secondary N) is 2. The first kappa shape index (κ1) is 24.5. The van der Waals surface area contributed by atoms with Gasteiger partial charge in [0, 0.05) is 23.6 Å². The van der Waals surface area contributed by atoms with Gasteiger partial charge in [-0.3, -0.25) is 4.79 Å².